The molecular weight excluding hydrogens is 370 g/mol. The number of fused-ring (bicyclic) bond motifs is 1. The molecule has 0 atom stereocenters. The predicted molar refractivity (Wildman–Crippen MR) is 113 cm³/mol. The van der Waals surface area contributed by atoms with E-state index < -0.39 is 11.9 Å². The van der Waals surface area contributed by atoms with Crippen LogP contribution < -0.4 is 5.32 Å². The molecule has 29 heavy (non-hydrogen) atoms. The van der Waals surface area contributed by atoms with Crippen LogP contribution in [0, 0.1) is 19.8 Å². The van der Waals surface area contributed by atoms with E-state index in [1.807, 2.05) is 0 Å². The van der Waals surface area contributed by atoms with Crippen molar-refractivity contribution in [2.24, 2.45) is 5.92 Å². The number of nitrogens with one attached hydrogen (secondary N) is 1. The minimum atomic E-state index is -1.82. The highest BCUT2D eigenvalue weighted by molar-refractivity contribution is 6.27. The van der Waals surface area contributed by atoms with Crippen LogP contribution >= 0.6 is 0 Å². The molecule has 0 unspecified atom stereocenters. The first-order valence-electron chi connectivity index (χ1n) is 9.23. The SMILES string of the molecule is Cc1ccc(-c2nnc(NCC(C)C)c3ccccc23)cc1C.O=C(O)C(=O)O. The second-order valence-corrected chi connectivity index (χ2v) is 7.13. The molecule has 0 aliphatic rings. The molecule has 0 bridgehead atoms. The minimum absolute atomic E-state index is 0.565. The van der Waals surface area contributed by atoms with Crippen molar-refractivity contribution in [1.29, 1.82) is 0 Å². The quantitative estimate of drug-likeness (QED) is 0.569. The van der Waals surface area contributed by atoms with Crippen LogP contribution in [-0.4, -0.2) is 38.9 Å². The molecule has 0 spiro atoms. The van der Waals surface area contributed by atoms with Crippen LogP contribution in [0.2, 0.25) is 0 Å². The Balaban J connectivity index is 0.000000438. The first kappa shape index (κ1) is 21.8. The van der Waals surface area contributed by atoms with E-state index in [1.165, 1.54) is 11.1 Å². The number of nitrogens with zero attached hydrogens (tertiary/aromatic N) is 2. The van der Waals surface area contributed by atoms with E-state index >= 15 is 0 Å². The van der Waals surface area contributed by atoms with E-state index in [-0.39, 0.29) is 0 Å². The van der Waals surface area contributed by atoms with E-state index in [1.54, 1.807) is 0 Å². The Morgan fingerprint density at radius 1 is 0.931 bits per heavy atom. The number of aryl methyl sites for hydroxylation is 2. The minimum Gasteiger partial charge on any atom is -0.473 e. The average Bonchev–Trinajstić information content (AvgIpc) is 2.68. The molecule has 0 fully saturated rings. The average molecular weight is 395 g/mol. The third-order valence-electron chi connectivity index (χ3n) is 4.33. The molecule has 1 aromatic heterocycles. The Labute approximate surface area is 169 Å². The van der Waals surface area contributed by atoms with Gasteiger partial charge in [-0.2, -0.15) is 0 Å². The first-order chi connectivity index (χ1) is 13.7. The molecule has 3 aromatic rings. The van der Waals surface area contributed by atoms with Crippen LogP contribution in [0.5, 0.6) is 0 Å². The third kappa shape index (κ3) is 5.75. The van der Waals surface area contributed by atoms with Gasteiger partial charge in [-0.25, -0.2) is 9.59 Å². The maximum Gasteiger partial charge on any atom is 0.414 e. The number of benzene rings is 2. The Morgan fingerprint density at radius 2 is 1.55 bits per heavy atom. The molecule has 0 saturated carbocycles. The van der Waals surface area contributed by atoms with Gasteiger partial charge in [-0.1, -0.05) is 50.2 Å². The highest BCUT2D eigenvalue weighted by Gasteiger charge is 2.11. The summed E-state index contributed by atoms with van der Waals surface area (Å²) in [5.74, 6) is -2.22. The highest BCUT2D eigenvalue weighted by Crippen LogP contribution is 2.30. The molecule has 7 nitrogen and oxygen atoms in total. The summed E-state index contributed by atoms with van der Waals surface area (Å²) in [7, 11) is 0. The number of carboxylic acids is 2. The van der Waals surface area contributed by atoms with Gasteiger partial charge < -0.3 is 15.5 Å². The fourth-order valence-electron chi connectivity index (χ4n) is 2.64. The summed E-state index contributed by atoms with van der Waals surface area (Å²) < 4.78 is 0. The van der Waals surface area contributed by atoms with Crippen LogP contribution in [0.15, 0.2) is 42.5 Å². The lowest BCUT2D eigenvalue weighted by atomic mass is 10.0. The van der Waals surface area contributed by atoms with E-state index in [0.29, 0.717) is 5.92 Å². The summed E-state index contributed by atoms with van der Waals surface area (Å²) in [5, 5.41) is 29.4. The fraction of sp³-hybridized carbons (Fsp3) is 0.273. The van der Waals surface area contributed by atoms with Crippen LogP contribution in [0.3, 0.4) is 0 Å². The molecule has 3 rings (SSSR count). The topological polar surface area (TPSA) is 112 Å². The zero-order valence-electron chi connectivity index (χ0n) is 16.9. The van der Waals surface area contributed by atoms with Gasteiger partial charge in [0.1, 0.15) is 5.69 Å². The number of aromatic nitrogens is 2. The maximum absolute atomic E-state index is 9.10. The van der Waals surface area contributed by atoms with E-state index in [4.69, 9.17) is 19.8 Å². The molecule has 7 heteroatoms. The highest BCUT2D eigenvalue weighted by atomic mass is 16.4. The molecule has 0 aliphatic heterocycles. The summed E-state index contributed by atoms with van der Waals surface area (Å²) >= 11 is 0. The van der Waals surface area contributed by atoms with Gasteiger partial charge in [-0.15, -0.1) is 10.2 Å². The summed E-state index contributed by atoms with van der Waals surface area (Å²) in [6.45, 7) is 9.52. The predicted octanol–water partition coefficient (Wildman–Crippen LogP) is 4.14. The number of aliphatic carboxylic acids is 2. The van der Waals surface area contributed by atoms with Crippen molar-refractivity contribution >= 4 is 28.5 Å². The third-order valence-corrected chi connectivity index (χ3v) is 4.33. The van der Waals surface area contributed by atoms with E-state index in [9.17, 15) is 0 Å². The monoisotopic (exact) mass is 395 g/mol. The Bertz CT molecular complexity index is 1020. The van der Waals surface area contributed by atoms with Gasteiger partial charge in [0.15, 0.2) is 5.82 Å². The van der Waals surface area contributed by atoms with Crippen molar-refractivity contribution in [3.8, 4) is 11.3 Å². The summed E-state index contributed by atoms with van der Waals surface area (Å²) in [6.07, 6.45) is 0. The fourth-order valence-corrected chi connectivity index (χ4v) is 2.64. The van der Waals surface area contributed by atoms with Gasteiger partial charge in [0.25, 0.3) is 0 Å². The van der Waals surface area contributed by atoms with E-state index in [0.717, 1.165) is 34.4 Å². The Hall–Kier alpha value is -3.48. The lowest BCUT2D eigenvalue weighted by Gasteiger charge is -2.13. The second kappa shape index (κ2) is 9.64. The van der Waals surface area contributed by atoms with Crippen molar-refractivity contribution in [3.05, 3.63) is 53.6 Å². The van der Waals surface area contributed by atoms with Crippen molar-refractivity contribution in [3.63, 3.8) is 0 Å². The lowest BCUT2D eigenvalue weighted by molar-refractivity contribution is -0.159. The molecule has 0 saturated heterocycles. The van der Waals surface area contributed by atoms with Gasteiger partial charge in [0, 0.05) is 22.9 Å². The van der Waals surface area contributed by atoms with Crippen molar-refractivity contribution in [2.45, 2.75) is 27.7 Å². The van der Waals surface area contributed by atoms with Gasteiger partial charge in [0.2, 0.25) is 0 Å². The maximum atomic E-state index is 9.10. The Kier molecular flexibility index (Phi) is 7.25. The van der Waals surface area contributed by atoms with Crippen LogP contribution in [0.4, 0.5) is 5.82 Å². The summed E-state index contributed by atoms with van der Waals surface area (Å²) in [5.41, 5.74) is 4.63. The zero-order chi connectivity index (χ0) is 21.6. The molecular formula is C22H25N3O4. The molecule has 152 valence electrons. The number of hydrogen-bond donors (Lipinski definition) is 3. The molecule has 2 aromatic carbocycles. The lowest BCUT2D eigenvalue weighted by Crippen LogP contribution is -2.10. The zero-order valence-corrected chi connectivity index (χ0v) is 16.9. The van der Waals surface area contributed by atoms with E-state index in [2.05, 4.69) is 85.7 Å². The van der Waals surface area contributed by atoms with Crippen LogP contribution in [0.25, 0.3) is 22.0 Å². The van der Waals surface area contributed by atoms with Gasteiger partial charge >= 0.3 is 11.9 Å². The smallest absolute Gasteiger partial charge is 0.414 e. The normalized spacial score (nSPS) is 10.4. The second-order valence-electron chi connectivity index (χ2n) is 7.13. The molecule has 0 aliphatic carbocycles. The number of rotatable bonds is 4. The Morgan fingerprint density at radius 3 is 2.10 bits per heavy atom. The number of anilines is 1. The number of carbonyl (C=O) groups is 2. The number of hydrogen-bond acceptors (Lipinski definition) is 5. The largest absolute Gasteiger partial charge is 0.473 e. The van der Waals surface area contributed by atoms with Crippen molar-refractivity contribution < 1.29 is 19.8 Å². The molecule has 0 radical (unpaired) electrons. The first-order valence-corrected chi connectivity index (χ1v) is 9.23. The van der Waals surface area contributed by atoms with Gasteiger partial charge in [-0.05, 0) is 37.0 Å². The molecule has 3 N–H and O–H groups in total. The summed E-state index contributed by atoms with van der Waals surface area (Å²) in [6, 6.07) is 14.8. The molecule has 0 amide bonds. The summed E-state index contributed by atoms with van der Waals surface area (Å²) in [4.78, 5) is 18.2. The van der Waals surface area contributed by atoms with Crippen molar-refractivity contribution in [1.82, 2.24) is 10.2 Å². The van der Waals surface area contributed by atoms with Crippen molar-refractivity contribution in [2.75, 3.05) is 11.9 Å². The standard InChI is InChI=1S/C20H23N3.C2H2O4/c1-13(2)12-21-20-18-8-6-5-7-17(18)19(22-23-20)16-10-9-14(3)15(4)11-16;3-1(4)2(5)6/h5-11,13H,12H2,1-4H3,(H,21,23);(H,3,4)(H,5,6). The van der Waals surface area contributed by atoms with Crippen LogP contribution in [-0.2, 0) is 9.59 Å². The molecule has 1 heterocycles. The van der Waals surface area contributed by atoms with Gasteiger partial charge in [0.05, 0.1) is 0 Å². The number of carboxylic acid groups (broad SMARTS) is 2. The van der Waals surface area contributed by atoms with Crippen LogP contribution in [0.1, 0.15) is 25.0 Å². The van der Waals surface area contributed by atoms with Gasteiger partial charge in [-0.3, -0.25) is 0 Å².